The van der Waals surface area contributed by atoms with Crippen molar-refractivity contribution in [3.05, 3.63) is 59.2 Å². The molecule has 0 aromatic heterocycles. The lowest BCUT2D eigenvalue weighted by Gasteiger charge is -2.33. The van der Waals surface area contributed by atoms with Gasteiger partial charge in [-0.25, -0.2) is 0 Å². The lowest BCUT2D eigenvalue weighted by Crippen LogP contribution is -2.50. The first kappa shape index (κ1) is 22.0. The van der Waals surface area contributed by atoms with Crippen molar-refractivity contribution in [1.29, 1.82) is 0 Å². The summed E-state index contributed by atoms with van der Waals surface area (Å²) >= 11 is 0. The van der Waals surface area contributed by atoms with Gasteiger partial charge in [0, 0.05) is 37.6 Å². The summed E-state index contributed by atoms with van der Waals surface area (Å²) in [6.07, 6.45) is 0.888. The van der Waals surface area contributed by atoms with Crippen molar-refractivity contribution in [3.63, 3.8) is 0 Å². The third-order valence-corrected chi connectivity index (χ3v) is 5.62. The summed E-state index contributed by atoms with van der Waals surface area (Å²) in [5.41, 5.74) is 5.09. The van der Waals surface area contributed by atoms with Gasteiger partial charge in [-0.2, -0.15) is 0 Å². The lowest BCUT2D eigenvalue weighted by molar-refractivity contribution is -0.120. The molecule has 2 aromatic rings. The van der Waals surface area contributed by atoms with E-state index in [1.807, 2.05) is 56.3 Å². The van der Waals surface area contributed by atoms with E-state index in [4.69, 9.17) is 0 Å². The van der Waals surface area contributed by atoms with Crippen LogP contribution in [0.5, 0.6) is 0 Å². The van der Waals surface area contributed by atoms with Gasteiger partial charge >= 0.3 is 0 Å². The van der Waals surface area contributed by atoms with Gasteiger partial charge in [-0.05, 0) is 43.0 Å². The SMILES string of the molecule is CCc1ccccc1NC(=O)CN1CCN(CC(=O)Nc2c(C)cccc2C)CC1. The number of piperazine rings is 1. The highest BCUT2D eigenvalue weighted by molar-refractivity contribution is 5.94. The third-order valence-electron chi connectivity index (χ3n) is 5.62. The minimum absolute atomic E-state index is 0.00904. The Morgan fingerprint density at radius 1 is 0.800 bits per heavy atom. The Balaban J connectivity index is 1.43. The van der Waals surface area contributed by atoms with E-state index in [1.165, 1.54) is 0 Å². The molecule has 1 saturated heterocycles. The van der Waals surface area contributed by atoms with Crippen LogP contribution in [0.1, 0.15) is 23.6 Å². The number of rotatable bonds is 7. The van der Waals surface area contributed by atoms with Crippen molar-refractivity contribution in [1.82, 2.24) is 9.80 Å². The van der Waals surface area contributed by atoms with E-state index in [9.17, 15) is 9.59 Å². The fourth-order valence-electron chi connectivity index (χ4n) is 3.84. The van der Waals surface area contributed by atoms with E-state index >= 15 is 0 Å². The van der Waals surface area contributed by atoms with Crippen LogP contribution in [0.25, 0.3) is 0 Å². The molecule has 0 radical (unpaired) electrons. The summed E-state index contributed by atoms with van der Waals surface area (Å²) in [5.74, 6) is 0.0203. The summed E-state index contributed by atoms with van der Waals surface area (Å²) in [5, 5.41) is 6.08. The maximum Gasteiger partial charge on any atom is 0.238 e. The van der Waals surface area contributed by atoms with Gasteiger partial charge in [0.2, 0.25) is 11.8 Å². The van der Waals surface area contributed by atoms with E-state index < -0.39 is 0 Å². The van der Waals surface area contributed by atoms with Crippen LogP contribution in [-0.4, -0.2) is 60.9 Å². The molecule has 1 fully saturated rings. The van der Waals surface area contributed by atoms with Gasteiger partial charge in [0.25, 0.3) is 0 Å². The zero-order valence-electron chi connectivity index (χ0n) is 18.2. The van der Waals surface area contributed by atoms with Crippen molar-refractivity contribution in [3.8, 4) is 0 Å². The first-order valence-corrected chi connectivity index (χ1v) is 10.6. The molecule has 2 N–H and O–H groups in total. The number of aryl methyl sites for hydroxylation is 3. The molecule has 0 saturated carbocycles. The van der Waals surface area contributed by atoms with Crippen LogP contribution in [0, 0.1) is 13.8 Å². The molecule has 0 spiro atoms. The molecule has 1 aliphatic rings. The van der Waals surface area contributed by atoms with Crippen LogP contribution in [0.3, 0.4) is 0 Å². The number of hydrogen-bond acceptors (Lipinski definition) is 4. The van der Waals surface area contributed by atoms with E-state index in [2.05, 4.69) is 27.4 Å². The number of amides is 2. The highest BCUT2D eigenvalue weighted by Crippen LogP contribution is 2.19. The second kappa shape index (κ2) is 10.4. The monoisotopic (exact) mass is 408 g/mol. The molecule has 30 heavy (non-hydrogen) atoms. The van der Waals surface area contributed by atoms with E-state index in [-0.39, 0.29) is 11.8 Å². The van der Waals surface area contributed by atoms with E-state index in [1.54, 1.807) is 0 Å². The number of carbonyl (C=O) groups is 2. The molecule has 0 bridgehead atoms. The van der Waals surface area contributed by atoms with Gasteiger partial charge in [0.05, 0.1) is 13.1 Å². The average Bonchev–Trinajstić information content (AvgIpc) is 2.72. The number of benzene rings is 2. The van der Waals surface area contributed by atoms with Gasteiger partial charge in [-0.15, -0.1) is 0 Å². The van der Waals surface area contributed by atoms with Crippen LogP contribution >= 0.6 is 0 Å². The molecule has 0 unspecified atom stereocenters. The zero-order valence-corrected chi connectivity index (χ0v) is 18.2. The molecule has 2 aromatic carbocycles. The number of anilines is 2. The molecular weight excluding hydrogens is 376 g/mol. The molecule has 0 atom stereocenters. The summed E-state index contributed by atoms with van der Waals surface area (Å²) in [6.45, 7) is 9.95. The molecule has 160 valence electrons. The minimum atomic E-state index is 0.00904. The predicted molar refractivity (Wildman–Crippen MR) is 122 cm³/mol. The summed E-state index contributed by atoms with van der Waals surface area (Å²) in [6, 6.07) is 13.9. The maximum absolute atomic E-state index is 12.5. The van der Waals surface area contributed by atoms with Crippen LogP contribution < -0.4 is 10.6 Å². The van der Waals surface area contributed by atoms with E-state index in [0.717, 1.165) is 60.7 Å². The van der Waals surface area contributed by atoms with Crippen LogP contribution in [0.15, 0.2) is 42.5 Å². The largest absolute Gasteiger partial charge is 0.325 e. The Morgan fingerprint density at radius 2 is 1.33 bits per heavy atom. The van der Waals surface area contributed by atoms with Crippen LogP contribution in [0.2, 0.25) is 0 Å². The second-order valence-electron chi connectivity index (χ2n) is 7.93. The Labute approximate surface area is 179 Å². The van der Waals surface area contributed by atoms with Gasteiger partial charge in [0.15, 0.2) is 0 Å². The lowest BCUT2D eigenvalue weighted by atomic mass is 10.1. The number of carbonyl (C=O) groups excluding carboxylic acids is 2. The van der Waals surface area contributed by atoms with Crippen LogP contribution in [-0.2, 0) is 16.0 Å². The smallest absolute Gasteiger partial charge is 0.238 e. The minimum Gasteiger partial charge on any atom is -0.325 e. The maximum atomic E-state index is 12.5. The predicted octanol–water partition coefficient (Wildman–Crippen LogP) is 3.06. The normalized spacial score (nSPS) is 15.0. The first-order chi connectivity index (χ1) is 14.5. The summed E-state index contributed by atoms with van der Waals surface area (Å²) in [4.78, 5) is 29.2. The topological polar surface area (TPSA) is 64.7 Å². The average molecular weight is 409 g/mol. The van der Waals surface area contributed by atoms with E-state index in [0.29, 0.717) is 13.1 Å². The molecule has 1 heterocycles. The van der Waals surface area contributed by atoms with Crippen molar-refractivity contribution in [2.75, 3.05) is 49.9 Å². The summed E-state index contributed by atoms with van der Waals surface area (Å²) < 4.78 is 0. The highest BCUT2D eigenvalue weighted by atomic mass is 16.2. The number of nitrogens with one attached hydrogen (secondary N) is 2. The molecule has 3 rings (SSSR count). The Bertz CT molecular complexity index is 868. The second-order valence-corrected chi connectivity index (χ2v) is 7.93. The third kappa shape index (κ3) is 5.90. The van der Waals surface area contributed by atoms with Crippen molar-refractivity contribution in [2.24, 2.45) is 0 Å². The summed E-state index contributed by atoms with van der Waals surface area (Å²) in [7, 11) is 0. The Morgan fingerprint density at radius 3 is 1.90 bits per heavy atom. The number of para-hydroxylation sites is 2. The van der Waals surface area contributed by atoms with Gasteiger partial charge in [0.1, 0.15) is 0 Å². The highest BCUT2D eigenvalue weighted by Gasteiger charge is 2.21. The molecule has 6 heteroatoms. The molecule has 0 aliphatic carbocycles. The van der Waals surface area contributed by atoms with Gasteiger partial charge in [-0.1, -0.05) is 43.3 Å². The quantitative estimate of drug-likeness (QED) is 0.739. The Kier molecular flexibility index (Phi) is 7.60. The van der Waals surface area contributed by atoms with Crippen LogP contribution in [0.4, 0.5) is 11.4 Å². The molecule has 6 nitrogen and oxygen atoms in total. The van der Waals surface area contributed by atoms with Crippen molar-refractivity contribution < 1.29 is 9.59 Å². The fraction of sp³-hybridized carbons (Fsp3) is 0.417. The van der Waals surface area contributed by atoms with Crippen molar-refractivity contribution in [2.45, 2.75) is 27.2 Å². The molecule has 1 aliphatic heterocycles. The van der Waals surface area contributed by atoms with Gasteiger partial charge < -0.3 is 10.6 Å². The number of nitrogens with zero attached hydrogens (tertiary/aromatic N) is 2. The van der Waals surface area contributed by atoms with Gasteiger partial charge in [-0.3, -0.25) is 19.4 Å². The fourth-order valence-corrected chi connectivity index (χ4v) is 3.84. The zero-order chi connectivity index (χ0) is 21.5. The van der Waals surface area contributed by atoms with Crippen molar-refractivity contribution >= 4 is 23.2 Å². The molecular formula is C24H32N4O2. The molecule has 2 amide bonds. The standard InChI is InChI=1S/C24H32N4O2/c1-4-20-10-5-6-11-21(20)25-22(29)16-27-12-14-28(15-13-27)17-23(30)26-24-18(2)8-7-9-19(24)3/h5-11H,4,12-17H2,1-3H3,(H,25,29)(H,26,30). The Hall–Kier alpha value is -2.70. The first-order valence-electron chi connectivity index (χ1n) is 10.6. The number of hydrogen-bond donors (Lipinski definition) is 2.